The van der Waals surface area contributed by atoms with Crippen LogP contribution >= 0.6 is 0 Å². The maximum Gasteiger partial charge on any atom is 0.243 e. The molecular weight excluding hydrogens is 305 g/mol. The van der Waals surface area contributed by atoms with Crippen LogP contribution in [0, 0.1) is 19.7 Å². The van der Waals surface area contributed by atoms with E-state index in [0.717, 1.165) is 23.0 Å². The van der Waals surface area contributed by atoms with Crippen LogP contribution < -0.4 is 10.0 Å². The quantitative estimate of drug-likeness (QED) is 0.886. The molecule has 1 heterocycles. The molecule has 2 rings (SSSR count). The molecule has 22 heavy (non-hydrogen) atoms. The molecule has 0 aliphatic carbocycles. The van der Waals surface area contributed by atoms with Crippen LogP contribution in [0.2, 0.25) is 0 Å². The van der Waals surface area contributed by atoms with Crippen LogP contribution in [-0.2, 0) is 16.6 Å². The van der Waals surface area contributed by atoms with Gasteiger partial charge in [-0.1, -0.05) is 6.07 Å². The minimum atomic E-state index is -3.83. The number of sulfonamides is 1. The summed E-state index contributed by atoms with van der Waals surface area (Å²) in [7, 11) is -2.58. The lowest BCUT2D eigenvalue weighted by molar-refractivity contribution is 0.561. The van der Waals surface area contributed by atoms with Gasteiger partial charge in [0, 0.05) is 23.6 Å². The third-order valence-electron chi connectivity index (χ3n) is 3.31. The van der Waals surface area contributed by atoms with E-state index in [1.54, 1.807) is 0 Å². The summed E-state index contributed by atoms with van der Waals surface area (Å²) in [6.07, 6.45) is 0. The number of benzene rings is 1. The van der Waals surface area contributed by atoms with Crippen molar-refractivity contribution in [2.45, 2.75) is 25.3 Å². The molecular formula is C15H18FN3O2S. The summed E-state index contributed by atoms with van der Waals surface area (Å²) < 4.78 is 39.3. The predicted molar refractivity (Wildman–Crippen MR) is 83.7 cm³/mol. The monoisotopic (exact) mass is 323 g/mol. The number of nitrogens with one attached hydrogen (secondary N) is 2. The average molecular weight is 323 g/mol. The summed E-state index contributed by atoms with van der Waals surface area (Å²) in [5.41, 5.74) is 3.35. The van der Waals surface area contributed by atoms with Crippen molar-refractivity contribution in [3.63, 3.8) is 0 Å². The van der Waals surface area contributed by atoms with Crippen LogP contribution in [0.1, 0.15) is 17.0 Å². The van der Waals surface area contributed by atoms with Gasteiger partial charge in [-0.25, -0.2) is 17.5 Å². The third-order valence-corrected chi connectivity index (χ3v) is 4.74. The smallest absolute Gasteiger partial charge is 0.243 e. The number of anilines is 1. The normalized spacial score (nSPS) is 11.5. The van der Waals surface area contributed by atoms with Gasteiger partial charge in [0.1, 0.15) is 10.7 Å². The first-order chi connectivity index (χ1) is 10.3. The van der Waals surface area contributed by atoms with E-state index in [1.165, 1.54) is 19.2 Å². The van der Waals surface area contributed by atoms with Crippen LogP contribution in [0.25, 0.3) is 0 Å². The minimum Gasteiger partial charge on any atom is -0.381 e. The second-order valence-corrected chi connectivity index (χ2v) is 6.76. The van der Waals surface area contributed by atoms with Crippen molar-refractivity contribution in [1.82, 2.24) is 9.71 Å². The third kappa shape index (κ3) is 3.61. The first kappa shape index (κ1) is 16.4. The Kier molecular flexibility index (Phi) is 4.77. The van der Waals surface area contributed by atoms with Crippen LogP contribution in [0.5, 0.6) is 0 Å². The van der Waals surface area contributed by atoms with E-state index in [-0.39, 0.29) is 4.90 Å². The Morgan fingerprint density at radius 1 is 1.18 bits per heavy atom. The van der Waals surface area contributed by atoms with E-state index in [9.17, 15) is 12.8 Å². The highest BCUT2D eigenvalue weighted by atomic mass is 32.2. The molecule has 2 N–H and O–H groups in total. The predicted octanol–water partition coefficient (Wildman–Crippen LogP) is 2.36. The zero-order valence-corrected chi connectivity index (χ0v) is 13.5. The van der Waals surface area contributed by atoms with Crippen LogP contribution in [-0.4, -0.2) is 20.4 Å². The Hall–Kier alpha value is -1.99. The molecule has 7 heteroatoms. The lowest BCUT2D eigenvalue weighted by Gasteiger charge is -2.11. The lowest BCUT2D eigenvalue weighted by Crippen LogP contribution is -2.20. The van der Waals surface area contributed by atoms with Crippen LogP contribution in [0.4, 0.5) is 10.1 Å². The fraction of sp³-hybridized carbons (Fsp3) is 0.267. The average Bonchev–Trinajstić information content (AvgIpc) is 2.47. The molecule has 0 atom stereocenters. The molecule has 0 saturated heterocycles. The molecule has 118 valence electrons. The fourth-order valence-corrected chi connectivity index (χ4v) is 2.86. The Morgan fingerprint density at radius 3 is 2.55 bits per heavy atom. The van der Waals surface area contributed by atoms with Crippen molar-refractivity contribution >= 4 is 15.7 Å². The Bertz CT molecular complexity index is 791. The highest BCUT2D eigenvalue weighted by molar-refractivity contribution is 7.89. The van der Waals surface area contributed by atoms with Gasteiger partial charge in [-0.15, -0.1) is 0 Å². The molecule has 0 bridgehead atoms. The van der Waals surface area contributed by atoms with Crippen molar-refractivity contribution in [2.75, 3.05) is 12.4 Å². The Labute approximate surface area is 129 Å². The molecule has 0 aliphatic rings. The van der Waals surface area contributed by atoms with Gasteiger partial charge < -0.3 is 5.32 Å². The van der Waals surface area contributed by atoms with E-state index in [1.807, 2.05) is 26.0 Å². The summed E-state index contributed by atoms with van der Waals surface area (Å²) in [5.74, 6) is -0.784. The number of nitrogens with zero attached hydrogens (tertiary/aromatic N) is 1. The Morgan fingerprint density at radius 2 is 1.91 bits per heavy atom. The van der Waals surface area contributed by atoms with Gasteiger partial charge >= 0.3 is 0 Å². The van der Waals surface area contributed by atoms with Crippen molar-refractivity contribution in [1.29, 1.82) is 0 Å². The number of rotatable bonds is 5. The molecule has 0 aliphatic heterocycles. The molecule has 0 radical (unpaired) electrons. The SMILES string of the molecule is CNS(=O)(=O)c1cc(NCc2ccc(C)nc2C)ccc1F. The van der Waals surface area contributed by atoms with Gasteiger partial charge in [0.15, 0.2) is 0 Å². The standard InChI is InChI=1S/C15H18FN3O2S/c1-10-4-5-12(11(2)19-10)9-18-13-6-7-14(16)15(8-13)22(20,21)17-3/h4-8,17-18H,9H2,1-3H3. The molecule has 5 nitrogen and oxygen atoms in total. The van der Waals surface area contributed by atoms with Gasteiger partial charge in [0.25, 0.3) is 0 Å². The van der Waals surface area contributed by atoms with E-state index in [4.69, 9.17) is 0 Å². The lowest BCUT2D eigenvalue weighted by atomic mass is 10.2. The summed E-state index contributed by atoms with van der Waals surface area (Å²) in [4.78, 5) is 3.99. The van der Waals surface area contributed by atoms with Crippen LogP contribution in [0.15, 0.2) is 35.2 Å². The van der Waals surface area contributed by atoms with Crippen molar-refractivity contribution < 1.29 is 12.8 Å². The van der Waals surface area contributed by atoms with E-state index < -0.39 is 15.8 Å². The summed E-state index contributed by atoms with van der Waals surface area (Å²) >= 11 is 0. The van der Waals surface area contributed by atoms with Gasteiger partial charge in [0.2, 0.25) is 10.0 Å². The van der Waals surface area contributed by atoms with E-state index in [2.05, 4.69) is 15.0 Å². The van der Waals surface area contributed by atoms with Gasteiger partial charge in [-0.05, 0) is 50.7 Å². The molecule has 0 spiro atoms. The summed E-state index contributed by atoms with van der Waals surface area (Å²) in [6.45, 7) is 4.30. The van der Waals surface area contributed by atoms with Gasteiger partial charge in [-0.2, -0.15) is 0 Å². The first-order valence-electron chi connectivity index (χ1n) is 6.73. The van der Waals surface area contributed by atoms with Gasteiger partial charge in [-0.3, -0.25) is 4.98 Å². The van der Waals surface area contributed by atoms with Crippen molar-refractivity contribution in [2.24, 2.45) is 0 Å². The number of aryl methyl sites for hydroxylation is 2. The second-order valence-electron chi connectivity index (χ2n) is 4.90. The molecule has 0 amide bonds. The minimum absolute atomic E-state index is 0.376. The van der Waals surface area contributed by atoms with Gasteiger partial charge in [0.05, 0.1) is 0 Å². The first-order valence-corrected chi connectivity index (χ1v) is 8.22. The van der Waals surface area contributed by atoms with Crippen molar-refractivity contribution in [3.8, 4) is 0 Å². The van der Waals surface area contributed by atoms with E-state index in [0.29, 0.717) is 12.2 Å². The molecule has 0 saturated carbocycles. The highest BCUT2D eigenvalue weighted by Crippen LogP contribution is 2.20. The maximum absolute atomic E-state index is 13.7. The summed E-state index contributed by atoms with van der Waals surface area (Å²) in [5, 5.41) is 3.09. The zero-order chi connectivity index (χ0) is 16.3. The number of hydrogen-bond donors (Lipinski definition) is 2. The number of halogens is 1. The zero-order valence-electron chi connectivity index (χ0n) is 12.6. The second kappa shape index (κ2) is 6.41. The van der Waals surface area contributed by atoms with E-state index >= 15 is 0 Å². The topological polar surface area (TPSA) is 71.1 Å². The molecule has 1 aromatic carbocycles. The molecule has 2 aromatic rings. The molecule has 1 aromatic heterocycles. The molecule has 0 unspecified atom stereocenters. The summed E-state index contributed by atoms with van der Waals surface area (Å²) in [6, 6.07) is 7.77. The largest absolute Gasteiger partial charge is 0.381 e. The number of pyridine rings is 1. The highest BCUT2D eigenvalue weighted by Gasteiger charge is 2.17. The fourth-order valence-electron chi connectivity index (χ4n) is 2.03. The van der Waals surface area contributed by atoms with Crippen LogP contribution in [0.3, 0.4) is 0 Å². The number of hydrogen-bond acceptors (Lipinski definition) is 4. The maximum atomic E-state index is 13.7. The molecule has 0 fully saturated rings. The Balaban J connectivity index is 2.22. The van der Waals surface area contributed by atoms with Crippen molar-refractivity contribution in [3.05, 3.63) is 53.1 Å². The number of aromatic nitrogens is 1.